The van der Waals surface area contributed by atoms with E-state index in [1.807, 2.05) is 31.2 Å². The van der Waals surface area contributed by atoms with Gasteiger partial charge < -0.3 is 15.8 Å². The zero-order valence-corrected chi connectivity index (χ0v) is 13.9. The highest BCUT2D eigenvalue weighted by Crippen LogP contribution is 2.16. The van der Waals surface area contributed by atoms with Gasteiger partial charge in [0.25, 0.3) is 0 Å². The molecule has 0 saturated heterocycles. The molecule has 0 saturated carbocycles. The highest BCUT2D eigenvalue weighted by molar-refractivity contribution is 7.99. The molecule has 0 bridgehead atoms. The third kappa shape index (κ3) is 5.74. The molecular formula is C15H19N5O2S. The molecule has 0 spiro atoms. The van der Waals surface area contributed by atoms with Crippen molar-refractivity contribution >= 4 is 35.3 Å². The molecule has 1 aromatic carbocycles. The van der Waals surface area contributed by atoms with Crippen molar-refractivity contribution < 1.29 is 9.53 Å². The number of carbonyl (C=O) groups is 1. The Hall–Kier alpha value is -2.35. The van der Waals surface area contributed by atoms with E-state index in [1.54, 1.807) is 6.92 Å². The van der Waals surface area contributed by atoms with Crippen LogP contribution in [-0.4, -0.2) is 33.3 Å². The first-order chi connectivity index (χ1) is 11.1. The van der Waals surface area contributed by atoms with Crippen molar-refractivity contribution in [3.05, 3.63) is 35.7 Å². The fraction of sp³-hybridized carbons (Fsp3) is 0.333. The van der Waals surface area contributed by atoms with Crippen LogP contribution in [0.1, 0.15) is 18.3 Å². The Morgan fingerprint density at radius 1 is 1.26 bits per heavy atom. The third-order valence-corrected chi connectivity index (χ3v) is 3.67. The van der Waals surface area contributed by atoms with Gasteiger partial charge in [-0.2, -0.15) is 15.0 Å². The van der Waals surface area contributed by atoms with Crippen LogP contribution in [0.3, 0.4) is 0 Å². The summed E-state index contributed by atoms with van der Waals surface area (Å²) in [6.07, 6.45) is 0. The zero-order chi connectivity index (χ0) is 16.7. The molecule has 0 fully saturated rings. The summed E-state index contributed by atoms with van der Waals surface area (Å²) in [5, 5.41) is 3.09. The van der Waals surface area contributed by atoms with Gasteiger partial charge in [0, 0.05) is 5.69 Å². The lowest BCUT2D eigenvalue weighted by molar-refractivity contribution is -0.139. The maximum Gasteiger partial charge on any atom is 0.315 e. The minimum Gasteiger partial charge on any atom is -0.465 e. The topological polar surface area (TPSA) is 103 Å². The first-order valence-corrected chi connectivity index (χ1v) is 8.29. The average molecular weight is 333 g/mol. The lowest BCUT2D eigenvalue weighted by Crippen LogP contribution is -2.09. The largest absolute Gasteiger partial charge is 0.465 e. The van der Waals surface area contributed by atoms with Crippen molar-refractivity contribution in [2.75, 3.05) is 23.4 Å². The van der Waals surface area contributed by atoms with Gasteiger partial charge in [0.1, 0.15) is 5.82 Å². The Kier molecular flexibility index (Phi) is 6.16. The summed E-state index contributed by atoms with van der Waals surface area (Å²) in [4.78, 5) is 23.8. The molecule has 3 N–H and O–H groups in total. The molecule has 2 aromatic rings. The molecule has 1 aromatic heterocycles. The van der Waals surface area contributed by atoms with Crippen LogP contribution in [0.2, 0.25) is 0 Å². The SMILES string of the molecule is CCOC(=O)CSCc1nc(N)nc(Nc2ccc(C)cc2)n1. The minimum atomic E-state index is -0.252. The Morgan fingerprint density at radius 2 is 2.00 bits per heavy atom. The van der Waals surface area contributed by atoms with Crippen LogP contribution in [0.15, 0.2) is 24.3 Å². The van der Waals surface area contributed by atoms with Crippen LogP contribution in [0.4, 0.5) is 17.6 Å². The molecule has 0 aliphatic carbocycles. The highest BCUT2D eigenvalue weighted by atomic mass is 32.2. The van der Waals surface area contributed by atoms with Crippen LogP contribution in [0, 0.1) is 6.92 Å². The molecule has 2 rings (SSSR count). The second-order valence-electron chi connectivity index (χ2n) is 4.72. The van der Waals surface area contributed by atoms with Gasteiger partial charge in [0.05, 0.1) is 18.1 Å². The van der Waals surface area contributed by atoms with E-state index in [4.69, 9.17) is 10.5 Å². The van der Waals surface area contributed by atoms with Gasteiger partial charge in [-0.15, -0.1) is 11.8 Å². The molecule has 0 radical (unpaired) electrons. The number of hydrogen-bond acceptors (Lipinski definition) is 8. The average Bonchev–Trinajstić information content (AvgIpc) is 2.49. The number of ether oxygens (including phenoxy) is 1. The van der Waals surface area contributed by atoms with Gasteiger partial charge in [0.15, 0.2) is 0 Å². The van der Waals surface area contributed by atoms with E-state index in [0.29, 0.717) is 24.1 Å². The van der Waals surface area contributed by atoms with Crippen molar-refractivity contribution in [1.82, 2.24) is 15.0 Å². The fourth-order valence-corrected chi connectivity index (χ4v) is 2.42. The van der Waals surface area contributed by atoms with E-state index in [1.165, 1.54) is 17.3 Å². The second kappa shape index (κ2) is 8.33. The quantitative estimate of drug-likeness (QED) is 0.744. The van der Waals surface area contributed by atoms with Crippen molar-refractivity contribution in [3.8, 4) is 0 Å². The molecular weight excluding hydrogens is 314 g/mol. The predicted octanol–water partition coefficient (Wildman–Crippen LogP) is 2.30. The lowest BCUT2D eigenvalue weighted by atomic mass is 10.2. The van der Waals surface area contributed by atoms with E-state index in [2.05, 4.69) is 20.3 Å². The number of hydrogen-bond donors (Lipinski definition) is 2. The molecule has 122 valence electrons. The molecule has 8 heteroatoms. The summed E-state index contributed by atoms with van der Waals surface area (Å²) in [6.45, 7) is 4.17. The molecule has 23 heavy (non-hydrogen) atoms. The Labute approximate surface area is 139 Å². The molecule has 1 heterocycles. The molecule has 0 amide bonds. The number of carbonyl (C=O) groups excluding carboxylic acids is 1. The molecule has 0 aliphatic rings. The number of thioether (sulfide) groups is 1. The smallest absolute Gasteiger partial charge is 0.315 e. The fourth-order valence-electron chi connectivity index (χ4n) is 1.75. The summed E-state index contributed by atoms with van der Waals surface area (Å²) in [6, 6.07) is 7.85. The van der Waals surface area contributed by atoms with Crippen LogP contribution in [-0.2, 0) is 15.3 Å². The maximum absolute atomic E-state index is 11.3. The van der Waals surface area contributed by atoms with Gasteiger partial charge in [-0.05, 0) is 26.0 Å². The standard InChI is InChI=1S/C15H19N5O2S/c1-3-22-13(21)9-23-8-12-18-14(16)20-15(19-12)17-11-6-4-10(2)5-7-11/h4-7H,3,8-9H2,1-2H3,(H3,16,17,18,19,20). The van der Waals surface area contributed by atoms with Crippen molar-refractivity contribution in [2.24, 2.45) is 0 Å². The summed E-state index contributed by atoms with van der Waals surface area (Å²) in [7, 11) is 0. The summed E-state index contributed by atoms with van der Waals surface area (Å²) < 4.78 is 4.87. The summed E-state index contributed by atoms with van der Waals surface area (Å²) in [5.74, 6) is 1.49. The number of nitrogens with two attached hydrogens (primary N) is 1. The van der Waals surface area contributed by atoms with Gasteiger partial charge in [-0.25, -0.2) is 0 Å². The van der Waals surface area contributed by atoms with Crippen molar-refractivity contribution in [2.45, 2.75) is 19.6 Å². The number of benzene rings is 1. The van der Waals surface area contributed by atoms with Gasteiger partial charge in [-0.1, -0.05) is 17.7 Å². The number of anilines is 3. The van der Waals surface area contributed by atoms with Crippen LogP contribution >= 0.6 is 11.8 Å². The first-order valence-electron chi connectivity index (χ1n) is 7.14. The monoisotopic (exact) mass is 333 g/mol. The van der Waals surface area contributed by atoms with E-state index < -0.39 is 0 Å². The third-order valence-electron chi connectivity index (χ3n) is 2.76. The number of nitrogens with zero attached hydrogens (tertiary/aromatic N) is 3. The molecule has 0 aliphatic heterocycles. The molecule has 7 nitrogen and oxygen atoms in total. The Morgan fingerprint density at radius 3 is 2.70 bits per heavy atom. The second-order valence-corrected chi connectivity index (χ2v) is 5.71. The van der Waals surface area contributed by atoms with E-state index >= 15 is 0 Å². The van der Waals surface area contributed by atoms with Gasteiger partial charge in [0.2, 0.25) is 11.9 Å². The number of nitrogen functional groups attached to an aromatic ring is 1. The Bertz CT molecular complexity index is 663. The van der Waals surface area contributed by atoms with Gasteiger partial charge in [-0.3, -0.25) is 4.79 Å². The number of esters is 1. The molecule has 0 atom stereocenters. The minimum absolute atomic E-state index is 0.140. The van der Waals surface area contributed by atoms with Crippen LogP contribution in [0.5, 0.6) is 0 Å². The summed E-state index contributed by atoms with van der Waals surface area (Å²) >= 11 is 1.37. The number of aryl methyl sites for hydroxylation is 1. The van der Waals surface area contributed by atoms with Gasteiger partial charge >= 0.3 is 5.97 Å². The van der Waals surface area contributed by atoms with E-state index in [9.17, 15) is 4.79 Å². The maximum atomic E-state index is 11.3. The van der Waals surface area contributed by atoms with Crippen LogP contribution < -0.4 is 11.1 Å². The van der Waals surface area contributed by atoms with E-state index in [-0.39, 0.29) is 17.7 Å². The summed E-state index contributed by atoms with van der Waals surface area (Å²) in [5.41, 5.74) is 7.75. The number of nitrogens with one attached hydrogen (secondary N) is 1. The predicted molar refractivity (Wildman–Crippen MR) is 91.5 cm³/mol. The lowest BCUT2D eigenvalue weighted by Gasteiger charge is -2.07. The highest BCUT2D eigenvalue weighted by Gasteiger charge is 2.07. The molecule has 0 unspecified atom stereocenters. The van der Waals surface area contributed by atoms with Crippen molar-refractivity contribution in [1.29, 1.82) is 0 Å². The van der Waals surface area contributed by atoms with E-state index in [0.717, 1.165) is 5.69 Å². The Balaban J connectivity index is 1.98. The van der Waals surface area contributed by atoms with Crippen LogP contribution in [0.25, 0.3) is 0 Å². The number of rotatable bonds is 7. The number of aromatic nitrogens is 3. The normalized spacial score (nSPS) is 10.3. The zero-order valence-electron chi connectivity index (χ0n) is 13.1. The first kappa shape index (κ1) is 17.0. The van der Waals surface area contributed by atoms with Crippen molar-refractivity contribution in [3.63, 3.8) is 0 Å².